The minimum atomic E-state index is -3.75. The molecule has 1 fully saturated rings. The van der Waals surface area contributed by atoms with Crippen LogP contribution in [0.3, 0.4) is 0 Å². The Bertz CT molecular complexity index is 762. The first-order valence-corrected chi connectivity index (χ1v) is 8.92. The van der Waals surface area contributed by atoms with E-state index in [1.807, 2.05) is 30.3 Å². The van der Waals surface area contributed by atoms with E-state index in [0.29, 0.717) is 12.8 Å². The predicted molar refractivity (Wildman–Crippen MR) is 84.8 cm³/mol. The maximum Gasteiger partial charge on any atom is 0.243 e. The summed E-state index contributed by atoms with van der Waals surface area (Å²) >= 11 is 0. The molecule has 122 valence electrons. The number of nitrogens with zero attached hydrogens (tertiary/aromatic N) is 1. The summed E-state index contributed by atoms with van der Waals surface area (Å²) in [6.07, 6.45) is 0.144. The van der Waals surface area contributed by atoms with Gasteiger partial charge >= 0.3 is 0 Å². The smallest absolute Gasteiger partial charge is 0.243 e. The van der Waals surface area contributed by atoms with E-state index in [0.717, 1.165) is 17.7 Å². The molecular weight excluding hydrogens is 317 g/mol. The molecule has 1 aliphatic heterocycles. The Morgan fingerprint density at radius 2 is 1.74 bits per heavy atom. The van der Waals surface area contributed by atoms with Gasteiger partial charge in [0.25, 0.3) is 0 Å². The molecule has 1 saturated heterocycles. The molecule has 1 heterocycles. The number of aliphatic hydroxyl groups excluding tert-OH is 1. The third-order valence-electron chi connectivity index (χ3n) is 4.17. The maximum atomic E-state index is 13.0. The van der Waals surface area contributed by atoms with Gasteiger partial charge < -0.3 is 5.11 Å². The van der Waals surface area contributed by atoms with Crippen molar-refractivity contribution in [1.29, 1.82) is 0 Å². The van der Waals surface area contributed by atoms with E-state index >= 15 is 0 Å². The summed E-state index contributed by atoms with van der Waals surface area (Å²) in [5, 5.41) is 10.2. The molecule has 0 amide bonds. The first-order chi connectivity index (χ1) is 11.0. The molecule has 6 heteroatoms. The fourth-order valence-corrected chi connectivity index (χ4v) is 4.61. The molecule has 0 radical (unpaired) electrons. The minimum Gasteiger partial charge on any atom is -0.391 e. The van der Waals surface area contributed by atoms with Gasteiger partial charge in [-0.05, 0) is 42.7 Å². The number of benzene rings is 2. The molecule has 0 spiro atoms. The molecule has 0 saturated carbocycles. The van der Waals surface area contributed by atoms with Gasteiger partial charge in [-0.15, -0.1) is 0 Å². The SMILES string of the molecule is O=S(=O)(c1ccc(F)cc1)N1CC[C@@H](O)[C@H]1Cc1ccccc1. The van der Waals surface area contributed by atoms with Crippen LogP contribution in [0.5, 0.6) is 0 Å². The van der Waals surface area contributed by atoms with E-state index in [1.54, 1.807) is 0 Å². The lowest BCUT2D eigenvalue weighted by molar-refractivity contribution is 0.142. The van der Waals surface area contributed by atoms with Crippen molar-refractivity contribution in [3.63, 3.8) is 0 Å². The van der Waals surface area contributed by atoms with Crippen molar-refractivity contribution < 1.29 is 17.9 Å². The fourth-order valence-electron chi connectivity index (χ4n) is 2.94. The molecule has 2 aromatic carbocycles. The molecule has 2 atom stereocenters. The van der Waals surface area contributed by atoms with E-state index in [2.05, 4.69) is 0 Å². The molecule has 23 heavy (non-hydrogen) atoms. The summed E-state index contributed by atoms with van der Waals surface area (Å²) in [5.41, 5.74) is 0.970. The summed E-state index contributed by atoms with van der Waals surface area (Å²) in [6, 6.07) is 13.8. The van der Waals surface area contributed by atoms with Crippen molar-refractivity contribution in [1.82, 2.24) is 4.31 Å². The Morgan fingerprint density at radius 1 is 1.09 bits per heavy atom. The average Bonchev–Trinajstić information content (AvgIpc) is 2.90. The summed E-state index contributed by atoms with van der Waals surface area (Å²) in [4.78, 5) is 0.0473. The molecule has 1 aliphatic rings. The van der Waals surface area contributed by atoms with Gasteiger partial charge in [-0.3, -0.25) is 0 Å². The number of halogens is 1. The van der Waals surface area contributed by atoms with Crippen molar-refractivity contribution >= 4 is 10.0 Å². The zero-order valence-electron chi connectivity index (χ0n) is 12.5. The van der Waals surface area contributed by atoms with Crippen LogP contribution >= 0.6 is 0 Å². The molecular formula is C17H18FNO3S. The lowest BCUT2D eigenvalue weighted by Crippen LogP contribution is -2.41. The first-order valence-electron chi connectivity index (χ1n) is 7.48. The summed E-state index contributed by atoms with van der Waals surface area (Å²) in [6.45, 7) is 0.262. The number of hydrogen-bond donors (Lipinski definition) is 1. The number of hydrogen-bond acceptors (Lipinski definition) is 3. The summed E-state index contributed by atoms with van der Waals surface area (Å²) < 4.78 is 39.9. The van der Waals surface area contributed by atoms with E-state index in [1.165, 1.54) is 16.4 Å². The van der Waals surface area contributed by atoms with Crippen molar-refractivity contribution in [2.24, 2.45) is 0 Å². The van der Waals surface area contributed by atoms with Gasteiger partial charge in [0.15, 0.2) is 0 Å². The molecule has 2 aromatic rings. The molecule has 4 nitrogen and oxygen atoms in total. The molecule has 0 aliphatic carbocycles. The topological polar surface area (TPSA) is 57.6 Å². The Kier molecular flexibility index (Phi) is 4.48. The maximum absolute atomic E-state index is 13.0. The first kappa shape index (κ1) is 16.1. The minimum absolute atomic E-state index is 0.0473. The van der Waals surface area contributed by atoms with Gasteiger partial charge in [-0.2, -0.15) is 4.31 Å². The highest BCUT2D eigenvalue weighted by Crippen LogP contribution is 2.28. The Labute approximate surface area is 135 Å². The van der Waals surface area contributed by atoms with E-state index in [4.69, 9.17) is 0 Å². The van der Waals surface area contributed by atoms with E-state index in [-0.39, 0.29) is 11.4 Å². The standard InChI is InChI=1S/C17H18FNO3S/c18-14-6-8-15(9-7-14)23(21,22)19-11-10-17(20)16(19)12-13-4-2-1-3-5-13/h1-9,16-17,20H,10-12H2/t16-,17-/m1/s1. The third kappa shape index (κ3) is 3.29. The van der Waals surface area contributed by atoms with Crippen LogP contribution < -0.4 is 0 Å². The molecule has 0 bridgehead atoms. The van der Waals surface area contributed by atoms with Gasteiger partial charge in [0, 0.05) is 6.54 Å². The normalized spacial score (nSPS) is 22.3. The highest BCUT2D eigenvalue weighted by molar-refractivity contribution is 7.89. The Balaban J connectivity index is 1.89. The van der Waals surface area contributed by atoms with Crippen molar-refractivity contribution in [3.05, 3.63) is 66.0 Å². The zero-order chi connectivity index (χ0) is 16.4. The summed E-state index contributed by atoms with van der Waals surface area (Å²) in [5.74, 6) is -0.480. The zero-order valence-corrected chi connectivity index (χ0v) is 13.3. The van der Waals surface area contributed by atoms with Gasteiger partial charge in [0.2, 0.25) is 10.0 Å². The summed E-state index contributed by atoms with van der Waals surface area (Å²) in [7, 11) is -3.75. The lowest BCUT2D eigenvalue weighted by Gasteiger charge is -2.26. The highest BCUT2D eigenvalue weighted by atomic mass is 32.2. The van der Waals surface area contributed by atoms with Gasteiger partial charge in [-0.1, -0.05) is 30.3 Å². The second-order valence-corrected chi connectivity index (χ2v) is 7.57. The Hall–Kier alpha value is -1.76. The second kappa shape index (κ2) is 6.39. The largest absolute Gasteiger partial charge is 0.391 e. The number of sulfonamides is 1. The van der Waals surface area contributed by atoms with Gasteiger partial charge in [-0.25, -0.2) is 12.8 Å². The molecule has 0 unspecified atom stereocenters. The van der Waals surface area contributed by atoms with Crippen LogP contribution in [0.1, 0.15) is 12.0 Å². The van der Waals surface area contributed by atoms with Crippen molar-refractivity contribution in [3.8, 4) is 0 Å². The quantitative estimate of drug-likeness (QED) is 0.932. The fraction of sp³-hybridized carbons (Fsp3) is 0.294. The van der Waals surface area contributed by atoms with Crippen LogP contribution in [-0.2, 0) is 16.4 Å². The van der Waals surface area contributed by atoms with Crippen molar-refractivity contribution in [2.75, 3.05) is 6.54 Å². The van der Waals surface area contributed by atoms with Crippen LogP contribution in [0.2, 0.25) is 0 Å². The van der Waals surface area contributed by atoms with E-state index in [9.17, 15) is 17.9 Å². The number of aliphatic hydroxyl groups is 1. The van der Waals surface area contributed by atoms with Crippen LogP contribution in [0, 0.1) is 5.82 Å². The monoisotopic (exact) mass is 335 g/mol. The predicted octanol–water partition coefficient (Wildman–Crippen LogP) is 2.19. The molecule has 1 N–H and O–H groups in total. The van der Waals surface area contributed by atoms with Gasteiger partial charge in [0.1, 0.15) is 5.82 Å². The molecule has 3 rings (SSSR count). The van der Waals surface area contributed by atoms with Crippen LogP contribution in [-0.4, -0.2) is 36.5 Å². The van der Waals surface area contributed by atoms with E-state index < -0.39 is 28.0 Å². The van der Waals surface area contributed by atoms with Crippen LogP contribution in [0.25, 0.3) is 0 Å². The van der Waals surface area contributed by atoms with Gasteiger partial charge in [0.05, 0.1) is 17.0 Å². The van der Waals surface area contributed by atoms with Crippen LogP contribution in [0.15, 0.2) is 59.5 Å². The lowest BCUT2D eigenvalue weighted by atomic mass is 10.0. The third-order valence-corrected chi connectivity index (χ3v) is 6.11. The van der Waals surface area contributed by atoms with Crippen LogP contribution in [0.4, 0.5) is 4.39 Å². The highest BCUT2D eigenvalue weighted by Gasteiger charge is 2.40. The second-order valence-electron chi connectivity index (χ2n) is 5.68. The Morgan fingerprint density at radius 3 is 2.39 bits per heavy atom. The number of rotatable bonds is 4. The molecule has 0 aromatic heterocycles. The van der Waals surface area contributed by atoms with Crippen molar-refractivity contribution in [2.45, 2.75) is 29.9 Å². The average molecular weight is 335 g/mol.